The van der Waals surface area contributed by atoms with Gasteiger partial charge in [-0.3, -0.25) is 4.99 Å². The van der Waals surface area contributed by atoms with Crippen LogP contribution in [0.2, 0.25) is 0 Å². The first-order valence-electron chi connectivity index (χ1n) is 5.64. The highest BCUT2D eigenvalue weighted by atomic mass is 15.1. The smallest absolute Gasteiger partial charge is 0.193 e. The normalized spacial score (nSPS) is 11.9. The van der Waals surface area contributed by atoms with E-state index in [0.717, 1.165) is 12.2 Å². The largest absolute Gasteiger partial charge is 0.370 e. The van der Waals surface area contributed by atoms with Crippen molar-refractivity contribution in [3.8, 4) is 0 Å². The van der Waals surface area contributed by atoms with Crippen LogP contribution in [0.3, 0.4) is 0 Å². The number of nitrogens with one attached hydrogen (secondary N) is 1. The minimum atomic E-state index is 0.492. The van der Waals surface area contributed by atoms with Crippen LogP contribution in [-0.4, -0.2) is 12.5 Å². The number of nitrogens with two attached hydrogens (primary N) is 1. The summed E-state index contributed by atoms with van der Waals surface area (Å²) in [6.45, 7) is 9.12. The third-order valence-electron chi connectivity index (χ3n) is 2.36. The number of benzene rings is 1. The van der Waals surface area contributed by atoms with Crippen LogP contribution in [0.4, 0.5) is 5.69 Å². The number of nitrogens with zero attached hydrogens (tertiary/aromatic N) is 1. The van der Waals surface area contributed by atoms with Crippen molar-refractivity contribution in [2.24, 2.45) is 16.6 Å². The summed E-state index contributed by atoms with van der Waals surface area (Å²) in [4.78, 5) is 4.28. The molecule has 3 N–H and O–H groups in total. The summed E-state index contributed by atoms with van der Waals surface area (Å²) in [6, 6.07) is 6.16. The highest BCUT2D eigenvalue weighted by Crippen LogP contribution is 2.18. The summed E-state index contributed by atoms with van der Waals surface area (Å²) in [7, 11) is 0. The Labute approximate surface area is 97.8 Å². The maximum absolute atomic E-state index is 5.83. The highest BCUT2D eigenvalue weighted by Gasteiger charge is 2.02. The molecule has 0 saturated carbocycles. The monoisotopic (exact) mass is 219 g/mol. The van der Waals surface area contributed by atoms with Crippen LogP contribution >= 0.6 is 0 Å². The van der Waals surface area contributed by atoms with Gasteiger partial charge in [-0.05, 0) is 30.9 Å². The van der Waals surface area contributed by atoms with Gasteiger partial charge in [-0.15, -0.1) is 0 Å². The molecule has 0 aliphatic rings. The molecule has 0 aliphatic carbocycles. The Morgan fingerprint density at radius 2 is 1.88 bits per heavy atom. The van der Waals surface area contributed by atoms with E-state index < -0.39 is 0 Å². The molecule has 3 heteroatoms. The first kappa shape index (κ1) is 12.6. The molecule has 0 atom stereocenters. The van der Waals surface area contributed by atoms with Crippen molar-refractivity contribution in [2.75, 3.05) is 11.9 Å². The Morgan fingerprint density at radius 1 is 1.31 bits per heavy atom. The van der Waals surface area contributed by atoms with E-state index >= 15 is 0 Å². The molecule has 0 amide bonds. The summed E-state index contributed by atoms with van der Waals surface area (Å²) in [5.41, 5.74) is 9.26. The summed E-state index contributed by atoms with van der Waals surface area (Å²) in [5, 5.41) is 3.16. The molecule has 16 heavy (non-hydrogen) atoms. The van der Waals surface area contributed by atoms with E-state index in [4.69, 9.17) is 5.73 Å². The molecule has 0 spiro atoms. The maximum Gasteiger partial charge on any atom is 0.193 e. The van der Waals surface area contributed by atoms with Crippen LogP contribution in [0, 0.1) is 19.8 Å². The fraction of sp³-hybridized carbons (Fsp3) is 0.462. The maximum atomic E-state index is 5.83. The second-order valence-corrected chi connectivity index (χ2v) is 4.51. The lowest BCUT2D eigenvalue weighted by atomic mass is 10.1. The minimum Gasteiger partial charge on any atom is -0.370 e. The molecule has 1 aromatic carbocycles. The molecule has 0 bridgehead atoms. The molecule has 3 nitrogen and oxygen atoms in total. The Balaban J connectivity index is 2.76. The number of guanidine groups is 1. The molecular weight excluding hydrogens is 198 g/mol. The molecule has 0 radical (unpaired) electrons. The van der Waals surface area contributed by atoms with Gasteiger partial charge < -0.3 is 11.1 Å². The lowest BCUT2D eigenvalue weighted by molar-refractivity contribution is 0.665. The van der Waals surface area contributed by atoms with E-state index in [9.17, 15) is 0 Å². The Kier molecular flexibility index (Phi) is 4.35. The quantitative estimate of drug-likeness (QED) is 0.606. The van der Waals surface area contributed by atoms with Crippen molar-refractivity contribution in [1.29, 1.82) is 0 Å². The molecule has 0 heterocycles. The van der Waals surface area contributed by atoms with Gasteiger partial charge in [0.15, 0.2) is 5.96 Å². The number of aliphatic imine (C=N–C) groups is 1. The van der Waals surface area contributed by atoms with Gasteiger partial charge in [0, 0.05) is 12.2 Å². The molecular formula is C13H21N3. The van der Waals surface area contributed by atoms with Crippen molar-refractivity contribution in [3.63, 3.8) is 0 Å². The van der Waals surface area contributed by atoms with Crippen LogP contribution in [0.25, 0.3) is 0 Å². The van der Waals surface area contributed by atoms with E-state index in [2.05, 4.69) is 50.1 Å². The zero-order chi connectivity index (χ0) is 12.1. The Bertz CT molecular complexity index is 361. The van der Waals surface area contributed by atoms with E-state index in [1.165, 1.54) is 11.1 Å². The lowest BCUT2D eigenvalue weighted by Gasteiger charge is -2.12. The topological polar surface area (TPSA) is 50.4 Å². The number of anilines is 1. The van der Waals surface area contributed by atoms with Gasteiger partial charge >= 0.3 is 0 Å². The molecule has 0 unspecified atom stereocenters. The van der Waals surface area contributed by atoms with Crippen molar-refractivity contribution in [3.05, 3.63) is 29.3 Å². The predicted molar refractivity (Wildman–Crippen MR) is 70.9 cm³/mol. The van der Waals surface area contributed by atoms with E-state index in [-0.39, 0.29) is 0 Å². The molecule has 88 valence electrons. The van der Waals surface area contributed by atoms with Gasteiger partial charge in [0.2, 0.25) is 0 Å². The number of hydrogen-bond acceptors (Lipinski definition) is 1. The number of hydrogen-bond donors (Lipinski definition) is 2. The molecule has 1 rings (SSSR count). The van der Waals surface area contributed by atoms with Gasteiger partial charge in [0.1, 0.15) is 0 Å². The molecule has 1 aromatic rings. The molecule has 0 aromatic heterocycles. The van der Waals surface area contributed by atoms with Gasteiger partial charge in [0.05, 0.1) is 0 Å². The number of rotatable bonds is 3. The van der Waals surface area contributed by atoms with Crippen LogP contribution in [0.5, 0.6) is 0 Å². The van der Waals surface area contributed by atoms with Gasteiger partial charge in [0.25, 0.3) is 0 Å². The SMILES string of the molecule is Cc1cccc(C)c1NC(N)=NCC(C)C. The highest BCUT2D eigenvalue weighted by molar-refractivity contribution is 5.93. The minimum absolute atomic E-state index is 0.492. The lowest BCUT2D eigenvalue weighted by Crippen LogP contribution is -2.24. The third kappa shape index (κ3) is 3.57. The van der Waals surface area contributed by atoms with E-state index in [0.29, 0.717) is 11.9 Å². The summed E-state index contributed by atoms with van der Waals surface area (Å²) in [5.74, 6) is 1.02. The summed E-state index contributed by atoms with van der Waals surface area (Å²) in [6.07, 6.45) is 0. The molecule has 0 aliphatic heterocycles. The summed E-state index contributed by atoms with van der Waals surface area (Å²) < 4.78 is 0. The van der Waals surface area contributed by atoms with Crippen LogP contribution in [0.1, 0.15) is 25.0 Å². The molecule has 0 fully saturated rings. The van der Waals surface area contributed by atoms with Crippen LogP contribution in [-0.2, 0) is 0 Å². The first-order valence-corrected chi connectivity index (χ1v) is 5.64. The van der Waals surface area contributed by atoms with Crippen LogP contribution in [0.15, 0.2) is 23.2 Å². The predicted octanol–water partition coefficient (Wildman–Crippen LogP) is 2.69. The zero-order valence-electron chi connectivity index (χ0n) is 10.5. The van der Waals surface area contributed by atoms with E-state index in [1.54, 1.807) is 0 Å². The summed E-state index contributed by atoms with van der Waals surface area (Å²) >= 11 is 0. The van der Waals surface area contributed by atoms with Crippen molar-refractivity contribution >= 4 is 11.6 Å². The average Bonchev–Trinajstić information content (AvgIpc) is 2.21. The van der Waals surface area contributed by atoms with Gasteiger partial charge in [-0.25, -0.2) is 0 Å². The molecule has 0 saturated heterocycles. The standard InChI is InChI=1S/C13H21N3/c1-9(2)8-15-13(14)16-12-10(3)6-5-7-11(12)4/h5-7,9H,8H2,1-4H3,(H3,14,15,16). The third-order valence-corrected chi connectivity index (χ3v) is 2.36. The van der Waals surface area contributed by atoms with Crippen molar-refractivity contribution in [2.45, 2.75) is 27.7 Å². The van der Waals surface area contributed by atoms with Crippen molar-refractivity contribution in [1.82, 2.24) is 0 Å². The second-order valence-electron chi connectivity index (χ2n) is 4.51. The fourth-order valence-corrected chi connectivity index (χ4v) is 1.46. The van der Waals surface area contributed by atoms with Gasteiger partial charge in [-0.2, -0.15) is 0 Å². The number of aryl methyl sites for hydroxylation is 2. The van der Waals surface area contributed by atoms with E-state index in [1.807, 2.05) is 6.07 Å². The average molecular weight is 219 g/mol. The first-order chi connectivity index (χ1) is 7.50. The Morgan fingerprint density at radius 3 is 2.38 bits per heavy atom. The second kappa shape index (κ2) is 5.54. The Hall–Kier alpha value is -1.51. The van der Waals surface area contributed by atoms with Gasteiger partial charge in [-0.1, -0.05) is 32.0 Å². The van der Waals surface area contributed by atoms with Crippen LogP contribution < -0.4 is 11.1 Å². The fourth-order valence-electron chi connectivity index (χ4n) is 1.46. The zero-order valence-corrected chi connectivity index (χ0v) is 10.5. The number of para-hydroxylation sites is 1. The van der Waals surface area contributed by atoms with Crippen molar-refractivity contribution < 1.29 is 0 Å².